The number of nitro benzene ring substituents is 1. The fourth-order valence-electron chi connectivity index (χ4n) is 2.58. The van der Waals surface area contributed by atoms with Gasteiger partial charge in [0.05, 0.1) is 18.1 Å². The second kappa shape index (κ2) is 8.00. The van der Waals surface area contributed by atoms with Crippen LogP contribution in [0.25, 0.3) is 11.0 Å². The molecule has 1 N–H and O–H groups in total. The molecule has 0 radical (unpaired) electrons. The summed E-state index contributed by atoms with van der Waals surface area (Å²) in [6.07, 6.45) is 0. The van der Waals surface area contributed by atoms with Crippen molar-refractivity contribution in [3.63, 3.8) is 0 Å². The maximum atomic E-state index is 10.8. The minimum Gasteiger partial charge on any atom is -0.493 e. The smallest absolute Gasteiger partial charge is 0.269 e. The molecule has 0 aliphatic carbocycles. The Morgan fingerprint density at radius 1 is 1.24 bits per heavy atom. The number of halogens is 1. The highest BCUT2D eigenvalue weighted by atomic mass is 35.5. The van der Waals surface area contributed by atoms with Gasteiger partial charge in [0.25, 0.3) is 5.69 Å². The number of rotatable bonds is 6. The van der Waals surface area contributed by atoms with Crippen molar-refractivity contribution in [2.75, 3.05) is 7.11 Å². The van der Waals surface area contributed by atoms with Crippen molar-refractivity contribution < 1.29 is 14.1 Å². The first-order valence-corrected chi connectivity index (χ1v) is 7.61. The predicted octanol–water partition coefficient (Wildman–Crippen LogP) is 4.62. The first-order chi connectivity index (χ1) is 11.6. The molecule has 6 nitrogen and oxygen atoms in total. The number of para-hydroxylation sites is 1. The molecule has 0 fully saturated rings. The van der Waals surface area contributed by atoms with E-state index in [9.17, 15) is 10.1 Å². The van der Waals surface area contributed by atoms with E-state index in [1.54, 1.807) is 19.2 Å². The number of hydrogen-bond acceptors (Lipinski definition) is 5. The van der Waals surface area contributed by atoms with E-state index in [1.807, 2.05) is 37.3 Å². The molecule has 1 aromatic heterocycles. The molecule has 7 heteroatoms. The number of ether oxygens (including phenoxy) is 1. The molecular formula is C18H19ClN2O4. The summed E-state index contributed by atoms with van der Waals surface area (Å²) >= 11 is 0. The Labute approximate surface area is 151 Å². The van der Waals surface area contributed by atoms with Crippen molar-refractivity contribution in [1.82, 2.24) is 5.32 Å². The Bertz CT molecular complexity index is 878. The van der Waals surface area contributed by atoms with Gasteiger partial charge in [0.15, 0.2) is 11.3 Å². The van der Waals surface area contributed by atoms with Crippen molar-refractivity contribution in [2.45, 2.75) is 19.5 Å². The fraction of sp³-hybridized carbons (Fsp3) is 0.222. The average Bonchev–Trinajstić information content (AvgIpc) is 3.04. The van der Waals surface area contributed by atoms with Gasteiger partial charge in [-0.25, -0.2) is 0 Å². The molecule has 0 saturated heterocycles. The van der Waals surface area contributed by atoms with Gasteiger partial charge in [0, 0.05) is 24.1 Å². The third-order valence-corrected chi connectivity index (χ3v) is 3.91. The van der Waals surface area contributed by atoms with E-state index in [-0.39, 0.29) is 24.1 Å². The van der Waals surface area contributed by atoms with E-state index >= 15 is 0 Å². The van der Waals surface area contributed by atoms with Crippen LogP contribution in [0, 0.1) is 10.1 Å². The number of hydrogen-bond donors (Lipinski definition) is 1. The molecule has 25 heavy (non-hydrogen) atoms. The molecule has 0 spiro atoms. The number of nitrogens with zero attached hydrogens (tertiary/aromatic N) is 1. The third-order valence-electron chi connectivity index (χ3n) is 3.91. The van der Waals surface area contributed by atoms with Crippen LogP contribution in [0.2, 0.25) is 0 Å². The van der Waals surface area contributed by atoms with Crippen LogP contribution in [0.3, 0.4) is 0 Å². The summed E-state index contributed by atoms with van der Waals surface area (Å²) in [7, 11) is 1.61. The van der Waals surface area contributed by atoms with Gasteiger partial charge in [0.1, 0.15) is 5.76 Å². The second-order valence-electron chi connectivity index (χ2n) is 5.56. The molecule has 2 aromatic carbocycles. The van der Waals surface area contributed by atoms with Crippen LogP contribution >= 0.6 is 12.4 Å². The summed E-state index contributed by atoms with van der Waals surface area (Å²) in [5.41, 5.74) is 1.67. The molecule has 132 valence electrons. The lowest BCUT2D eigenvalue weighted by atomic mass is 10.1. The zero-order chi connectivity index (χ0) is 17.1. The van der Waals surface area contributed by atoms with Crippen molar-refractivity contribution in [3.05, 3.63) is 70.0 Å². The van der Waals surface area contributed by atoms with Crippen LogP contribution in [0.5, 0.6) is 5.75 Å². The maximum Gasteiger partial charge on any atom is 0.269 e. The van der Waals surface area contributed by atoms with Crippen LogP contribution in [0.1, 0.15) is 24.3 Å². The zero-order valence-corrected chi connectivity index (χ0v) is 14.7. The van der Waals surface area contributed by atoms with Crippen molar-refractivity contribution >= 4 is 29.1 Å². The van der Waals surface area contributed by atoms with Crippen molar-refractivity contribution in [3.8, 4) is 5.75 Å². The monoisotopic (exact) mass is 362 g/mol. The highest BCUT2D eigenvalue weighted by Gasteiger charge is 2.14. The van der Waals surface area contributed by atoms with Gasteiger partial charge in [-0.1, -0.05) is 24.3 Å². The lowest BCUT2D eigenvalue weighted by Gasteiger charge is -2.11. The van der Waals surface area contributed by atoms with E-state index in [1.165, 1.54) is 6.07 Å². The molecule has 1 unspecified atom stereocenters. The summed E-state index contributed by atoms with van der Waals surface area (Å²) in [5, 5.41) is 15.1. The highest BCUT2D eigenvalue weighted by molar-refractivity contribution is 5.85. The molecule has 0 aliphatic rings. The Morgan fingerprint density at radius 3 is 2.72 bits per heavy atom. The third kappa shape index (κ3) is 4.10. The van der Waals surface area contributed by atoms with Crippen LogP contribution in [-0.2, 0) is 6.54 Å². The minimum atomic E-state index is -0.390. The molecule has 0 bridgehead atoms. The maximum absolute atomic E-state index is 10.8. The molecular weight excluding hydrogens is 344 g/mol. The first kappa shape index (κ1) is 18.8. The Morgan fingerprint density at radius 2 is 2.00 bits per heavy atom. The minimum absolute atomic E-state index is 0. The predicted molar refractivity (Wildman–Crippen MR) is 98.4 cm³/mol. The van der Waals surface area contributed by atoms with Crippen LogP contribution in [0.4, 0.5) is 5.69 Å². The first-order valence-electron chi connectivity index (χ1n) is 7.61. The normalized spacial score (nSPS) is 11.8. The van der Waals surface area contributed by atoms with Gasteiger partial charge >= 0.3 is 0 Å². The number of nitrogens with one attached hydrogen (secondary N) is 1. The summed E-state index contributed by atoms with van der Waals surface area (Å²) in [4.78, 5) is 10.4. The summed E-state index contributed by atoms with van der Waals surface area (Å²) in [6, 6.07) is 14.3. The van der Waals surface area contributed by atoms with Crippen LogP contribution in [-0.4, -0.2) is 12.0 Å². The number of fused-ring (bicyclic) bond motifs is 1. The number of methoxy groups -OCH3 is 1. The fourth-order valence-corrected chi connectivity index (χ4v) is 2.58. The lowest BCUT2D eigenvalue weighted by molar-refractivity contribution is -0.384. The molecule has 1 atom stereocenters. The second-order valence-corrected chi connectivity index (χ2v) is 5.56. The van der Waals surface area contributed by atoms with Gasteiger partial charge in [0.2, 0.25) is 0 Å². The van der Waals surface area contributed by atoms with Gasteiger partial charge in [-0.3, -0.25) is 10.1 Å². The molecule has 3 aromatic rings. The van der Waals surface area contributed by atoms with Gasteiger partial charge in [-0.05, 0) is 24.6 Å². The highest BCUT2D eigenvalue weighted by Crippen LogP contribution is 2.31. The van der Waals surface area contributed by atoms with Crippen molar-refractivity contribution in [1.29, 1.82) is 0 Å². The van der Waals surface area contributed by atoms with E-state index in [2.05, 4.69) is 5.32 Å². The Balaban J connectivity index is 0.00000225. The van der Waals surface area contributed by atoms with E-state index in [4.69, 9.17) is 9.15 Å². The molecule has 0 amide bonds. The Kier molecular flexibility index (Phi) is 6.01. The molecule has 3 rings (SSSR count). The lowest BCUT2D eigenvalue weighted by Crippen LogP contribution is -2.17. The molecule has 0 saturated carbocycles. The molecule has 1 heterocycles. The van der Waals surface area contributed by atoms with Crippen LogP contribution < -0.4 is 10.1 Å². The molecule has 0 aliphatic heterocycles. The quantitative estimate of drug-likeness (QED) is 0.511. The van der Waals surface area contributed by atoms with Gasteiger partial charge in [-0.15, -0.1) is 12.4 Å². The standard InChI is InChI=1S/C18H18N2O4.ClH/c1-12(19-11-13-5-3-7-15(9-13)20(21)22)17-10-14-6-4-8-16(23-2)18(14)24-17;/h3-10,12,19H,11H2,1-2H3;1H. The number of non-ortho nitro benzene ring substituents is 1. The average molecular weight is 363 g/mol. The Hall–Kier alpha value is -2.57. The van der Waals surface area contributed by atoms with E-state index in [0.717, 1.165) is 22.3 Å². The van der Waals surface area contributed by atoms with Crippen LogP contribution in [0.15, 0.2) is 52.9 Å². The zero-order valence-electron chi connectivity index (χ0n) is 13.9. The number of benzene rings is 2. The number of furan rings is 1. The summed E-state index contributed by atoms with van der Waals surface area (Å²) in [6.45, 7) is 2.50. The van der Waals surface area contributed by atoms with Gasteiger partial charge < -0.3 is 14.5 Å². The SMILES string of the molecule is COc1cccc2cc(C(C)NCc3cccc([N+](=O)[O-])c3)oc12.Cl. The topological polar surface area (TPSA) is 77.5 Å². The van der Waals surface area contributed by atoms with Crippen molar-refractivity contribution in [2.24, 2.45) is 0 Å². The largest absolute Gasteiger partial charge is 0.493 e. The number of nitro groups is 1. The summed E-state index contributed by atoms with van der Waals surface area (Å²) in [5.74, 6) is 1.49. The van der Waals surface area contributed by atoms with E-state index < -0.39 is 4.92 Å². The van der Waals surface area contributed by atoms with E-state index in [0.29, 0.717) is 12.3 Å². The van der Waals surface area contributed by atoms with Gasteiger partial charge in [-0.2, -0.15) is 0 Å². The summed E-state index contributed by atoms with van der Waals surface area (Å²) < 4.78 is 11.2.